The van der Waals surface area contributed by atoms with Crippen molar-refractivity contribution in [3.05, 3.63) is 35.4 Å². The molecule has 3 heteroatoms. The average molecular weight is 253 g/mol. The lowest BCUT2D eigenvalue weighted by atomic mass is 10.1. The second kappa shape index (κ2) is 6.64. The van der Waals surface area contributed by atoms with Gasteiger partial charge in [0.05, 0.1) is 6.54 Å². The van der Waals surface area contributed by atoms with Gasteiger partial charge < -0.3 is 10.5 Å². The van der Waals surface area contributed by atoms with Crippen molar-refractivity contribution >= 4 is 5.97 Å². The molecule has 0 aliphatic heterocycles. The fourth-order valence-corrected chi connectivity index (χ4v) is 1.76. The molecule has 0 aromatic heterocycles. The van der Waals surface area contributed by atoms with Gasteiger partial charge in [-0.05, 0) is 25.0 Å². The summed E-state index contributed by atoms with van der Waals surface area (Å²) in [5, 5.41) is 0. The van der Waals surface area contributed by atoms with Gasteiger partial charge in [-0.25, -0.2) is 0 Å². The highest BCUT2D eigenvalue weighted by atomic mass is 16.5. The summed E-state index contributed by atoms with van der Waals surface area (Å²) in [5.74, 6) is 11.9. The molecule has 1 atom stereocenters. The summed E-state index contributed by atoms with van der Waals surface area (Å²) in [4.78, 5) is 11.2. The average Bonchev–Trinajstić information content (AvgIpc) is 2.45. The predicted molar refractivity (Wildman–Crippen MR) is 73.0 cm³/mol. The molecular weight excluding hydrogens is 238 g/mol. The van der Waals surface area contributed by atoms with E-state index in [0.717, 1.165) is 24.0 Å². The zero-order chi connectivity index (χ0) is 13.5. The number of benzene rings is 1. The SMILES string of the molecule is NCC(=O)OC1C#Cc2ccccc2C#CCCC1. The molecule has 0 spiro atoms. The van der Waals surface area contributed by atoms with Gasteiger partial charge in [-0.15, -0.1) is 0 Å². The van der Waals surface area contributed by atoms with Crippen LogP contribution in [0.2, 0.25) is 0 Å². The van der Waals surface area contributed by atoms with E-state index >= 15 is 0 Å². The van der Waals surface area contributed by atoms with Crippen molar-refractivity contribution in [2.75, 3.05) is 6.54 Å². The minimum atomic E-state index is -0.421. The first-order chi connectivity index (χ1) is 9.29. The first kappa shape index (κ1) is 13.2. The second-order valence-corrected chi connectivity index (χ2v) is 4.19. The van der Waals surface area contributed by atoms with Gasteiger partial charge in [0.2, 0.25) is 0 Å². The topological polar surface area (TPSA) is 52.3 Å². The Hall–Kier alpha value is -2.23. The monoisotopic (exact) mass is 253 g/mol. The Balaban J connectivity index is 2.25. The van der Waals surface area contributed by atoms with E-state index in [4.69, 9.17) is 10.5 Å². The fraction of sp³-hybridized carbons (Fsp3) is 0.312. The third-order valence-electron chi connectivity index (χ3n) is 2.73. The molecule has 0 fully saturated rings. The number of hydrogen-bond donors (Lipinski definition) is 1. The first-order valence-corrected chi connectivity index (χ1v) is 6.28. The molecule has 0 saturated carbocycles. The van der Waals surface area contributed by atoms with Crippen LogP contribution in [0.5, 0.6) is 0 Å². The van der Waals surface area contributed by atoms with Gasteiger partial charge in [0, 0.05) is 17.5 Å². The Morgan fingerprint density at radius 2 is 2.05 bits per heavy atom. The van der Waals surface area contributed by atoms with Gasteiger partial charge in [0.25, 0.3) is 0 Å². The largest absolute Gasteiger partial charge is 0.448 e. The van der Waals surface area contributed by atoms with Gasteiger partial charge in [-0.3, -0.25) is 4.79 Å². The Morgan fingerprint density at radius 3 is 2.79 bits per heavy atom. The van der Waals surface area contributed by atoms with Crippen LogP contribution in [0.3, 0.4) is 0 Å². The van der Waals surface area contributed by atoms with E-state index < -0.39 is 12.1 Å². The number of fused-ring (bicyclic) bond motifs is 1. The number of carbonyl (C=O) groups is 1. The highest BCUT2D eigenvalue weighted by molar-refractivity contribution is 5.71. The van der Waals surface area contributed by atoms with E-state index in [9.17, 15) is 4.79 Å². The Kier molecular flexibility index (Phi) is 4.61. The molecule has 1 aliphatic carbocycles. The van der Waals surface area contributed by atoms with Gasteiger partial charge in [0.1, 0.15) is 0 Å². The van der Waals surface area contributed by atoms with Crippen LogP contribution in [0.25, 0.3) is 0 Å². The minimum absolute atomic E-state index is 0.116. The van der Waals surface area contributed by atoms with Crippen LogP contribution in [0.4, 0.5) is 0 Å². The highest BCUT2D eigenvalue weighted by Gasteiger charge is 2.10. The standard InChI is InChI=1S/C16H15NO2/c17-12-16(18)19-15-9-3-1-2-6-13-7-4-5-8-14(13)10-11-15/h4-5,7-8,15H,1,3,9,12,17H2. The predicted octanol–water partition coefficient (Wildman–Crippen LogP) is 1.44. The summed E-state index contributed by atoms with van der Waals surface area (Å²) in [6.45, 7) is -0.116. The molecule has 0 saturated heterocycles. The van der Waals surface area contributed by atoms with Crippen molar-refractivity contribution in [2.24, 2.45) is 5.73 Å². The molecule has 0 radical (unpaired) electrons. The smallest absolute Gasteiger partial charge is 0.320 e. The van der Waals surface area contributed by atoms with Crippen LogP contribution in [0, 0.1) is 23.7 Å². The van der Waals surface area contributed by atoms with Crippen molar-refractivity contribution in [1.82, 2.24) is 0 Å². The second-order valence-electron chi connectivity index (χ2n) is 4.19. The maximum absolute atomic E-state index is 11.2. The van der Waals surface area contributed by atoms with Gasteiger partial charge in [-0.1, -0.05) is 35.8 Å². The minimum Gasteiger partial charge on any atom is -0.448 e. The van der Waals surface area contributed by atoms with Crippen LogP contribution in [-0.4, -0.2) is 18.6 Å². The van der Waals surface area contributed by atoms with Crippen molar-refractivity contribution in [2.45, 2.75) is 25.4 Å². The van der Waals surface area contributed by atoms with E-state index in [1.165, 1.54) is 0 Å². The normalized spacial score (nSPS) is 17.0. The molecule has 2 N–H and O–H groups in total. The molecular formula is C16H15NO2. The van der Waals surface area contributed by atoms with Gasteiger partial charge in [0.15, 0.2) is 6.10 Å². The maximum atomic E-state index is 11.2. The molecule has 1 aromatic rings. The van der Waals surface area contributed by atoms with Crippen LogP contribution in [-0.2, 0) is 9.53 Å². The molecule has 1 aromatic carbocycles. The number of carbonyl (C=O) groups excluding carboxylic acids is 1. The van der Waals surface area contributed by atoms with Crippen LogP contribution >= 0.6 is 0 Å². The zero-order valence-corrected chi connectivity index (χ0v) is 10.6. The van der Waals surface area contributed by atoms with Gasteiger partial charge in [-0.2, -0.15) is 0 Å². The lowest BCUT2D eigenvalue weighted by molar-refractivity contribution is -0.144. The van der Waals surface area contributed by atoms with Crippen LogP contribution in [0.1, 0.15) is 30.4 Å². The molecule has 19 heavy (non-hydrogen) atoms. The molecule has 96 valence electrons. The third-order valence-corrected chi connectivity index (χ3v) is 2.73. The third kappa shape index (κ3) is 3.88. The quantitative estimate of drug-likeness (QED) is 0.641. The summed E-state index contributed by atoms with van der Waals surface area (Å²) >= 11 is 0. The molecule has 2 rings (SSSR count). The molecule has 0 heterocycles. The number of rotatable bonds is 2. The van der Waals surface area contributed by atoms with Crippen molar-refractivity contribution < 1.29 is 9.53 Å². The molecule has 0 bridgehead atoms. The van der Waals surface area contributed by atoms with Crippen LogP contribution < -0.4 is 5.73 Å². The highest BCUT2D eigenvalue weighted by Crippen LogP contribution is 2.10. The summed E-state index contributed by atoms with van der Waals surface area (Å²) in [6, 6.07) is 7.72. The summed E-state index contributed by atoms with van der Waals surface area (Å²) < 4.78 is 5.20. The molecule has 1 aliphatic rings. The molecule has 1 unspecified atom stereocenters. The number of ether oxygens (including phenoxy) is 1. The molecule has 0 amide bonds. The van der Waals surface area contributed by atoms with Gasteiger partial charge >= 0.3 is 5.97 Å². The lowest BCUT2D eigenvalue weighted by Crippen LogP contribution is -2.23. The number of nitrogens with two attached hydrogens (primary N) is 1. The van der Waals surface area contributed by atoms with E-state index in [1.807, 2.05) is 24.3 Å². The van der Waals surface area contributed by atoms with E-state index in [0.29, 0.717) is 6.42 Å². The Labute approximate surface area is 113 Å². The van der Waals surface area contributed by atoms with Crippen molar-refractivity contribution in [3.63, 3.8) is 0 Å². The lowest BCUT2D eigenvalue weighted by Gasteiger charge is -2.11. The molecule has 3 nitrogen and oxygen atoms in total. The van der Waals surface area contributed by atoms with E-state index in [1.54, 1.807) is 0 Å². The Bertz CT molecular complexity index is 584. The number of hydrogen-bond acceptors (Lipinski definition) is 3. The number of esters is 1. The fourth-order valence-electron chi connectivity index (χ4n) is 1.76. The van der Waals surface area contributed by atoms with E-state index in [-0.39, 0.29) is 6.54 Å². The maximum Gasteiger partial charge on any atom is 0.320 e. The summed E-state index contributed by atoms with van der Waals surface area (Å²) in [5.41, 5.74) is 7.03. The summed E-state index contributed by atoms with van der Waals surface area (Å²) in [6.07, 6.45) is 1.92. The van der Waals surface area contributed by atoms with E-state index in [2.05, 4.69) is 23.7 Å². The van der Waals surface area contributed by atoms with Crippen molar-refractivity contribution in [1.29, 1.82) is 0 Å². The first-order valence-electron chi connectivity index (χ1n) is 6.28. The zero-order valence-electron chi connectivity index (χ0n) is 10.6. The Morgan fingerprint density at radius 1 is 1.32 bits per heavy atom. The van der Waals surface area contributed by atoms with Crippen LogP contribution in [0.15, 0.2) is 24.3 Å². The summed E-state index contributed by atoms with van der Waals surface area (Å²) in [7, 11) is 0. The van der Waals surface area contributed by atoms with Crippen molar-refractivity contribution in [3.8, 4) is 23.7 Å².